The fourth-order valence-corrected chi connectivity index (χ4v) is 2.03. The number of benzene rings is 1. The summed E-state index contributed by atoms with van der Waals surface area (Å²) in [5.41, 5.74) is -1.04. The maximum Gasteiger partial charge on any atom is 0.422 e. The molecule has 0 aliphatic carbocycles. The van der Waals surface area contributed by atoms with Crippen molar-refractivity contribution in [2.45, 2.75) is 12.4 Å². The van der Waals surface area contributed by atoms with Gasteiger partial charge in [0.2, 0.25) is 11.5 Å². The summed E-state index contributed by atoms with van der Waals surface area (Å²) in [6.07, 6.45) is -9.88. The van der Waals surface area contributed by atoms with Crippen molar-refractivity contribution in [2.75, 3.05) is 39.4 Å². The van der Waals surface area contributed by atoms with E-state index in [1.165, 1.54) is 38.4 Å². The first-order valence-electron chi connectivity index (χ1n) is 7.93. The SMILES string of the molecule is COC(=C(C(=O)OCC(F)(F)F)C(=O)OCC(F)(F)F)N(C)c1ccc(OC)cc1. The van der Waals surface area contributed by atoms with Gasteiger partial charge in [-0.15, -0.1) is 0 Å². The highest BCUT2D eigenvalue weighted by atomic mass is 19.4. The van der Waals surface area contributed by atoms with Crippen molar-refractivity contribution in [3.8, 4) is 5.75 Å². The molecule has 1 aromatic rings. The Hall–Kier alpha value is -3.12. The van der Waals surface area contributed by atoms with Crippen molar-refractivity contribution in [1.82, 2.24) is 0 Å². The number of carbonyl (C=O) groups is 2. The van der Waals surface area contributed by atoms with Crippen LogP contribution in [0.5, 0.6) is 5.75 Å². The van der Waals surface area contributed by atoms with Gasteiger partial charge in [0.1, 0.15) is 5.75 Å². The number of carbonyl (C=O) groups excluding carboxylic acids is 2. The van der Waals surface area contributed by atoms with Gasteiger partial charge in [-0.2, -0.15) is 26.3 Å². The van der Waals surface area contributed by atoms with Gasteiger partial charge < -0.3 is 23.8 Å². The van der Waals surface area contributed by atoms with Crippen molar-refractivity contribution < 1.29 is 54.9 Å². The van der Waals surface area contributed by atoms with Crippen LogP contribution >= 0.6 is 0 Å². The summed E-state index contributed by atoms with van der Waals surface area (Å²) in [7, 11) is 3.59. The van der Waals surface area contributed by atoms with E-state index in [9.17, 15) is 35.9 Å². The van der Waals surface area contributed by atoms with Gasteiger partial charge in [-0.05, 0) is 24.3 Å². The number of anilines is 1. The third-order valence-corrected chi connectivity index (χ3v) is 3.31. The van der Waals surface area contributed by atoms with E-state index in [0.717, 1.165) is 12.0 Å². The molecule has 0 spiro atoms. The number of esters is 2. The van der Waals surface area contributed by atoms with Crippen LogP contribution in [-0.4, -0.2) is 58.8 Å². The number of ether oxygens (including phenoxy) is 4. The normalized spacial score (nSPS) is 11.4. The van der Waals surface area contributed by atoms with Gasteiger partial charge in [-0.1, -0.05) is 0 Å². The average Bonchev–Trinajstić information content (AvgIpc) is 2.66. The molecule has 0 aliphatic rings. The van der Waals surface area contributed by atoms with Crippen LogP contribution in [0.2, 0.25) is 0 Å². The van der Waals surface area contributed by atoms with E-state index in [0.29, 0.717) is 5.75 Å². The first kappa shape index (κ1) is 24.9. The summed E-state index contributed by atoms with van der Waals surface area (Å²) in [6.45, 7) is -4.16. The molecule has 0 heterocycles. The molecule has 1 aromatic carbocycles. The van der Waals surface area contributed by atoms with E-state index >= 15 is 0 Å². The fourth-order valence-electron chi connectivity index (χ4n) is 2.03. The number of hydrogen-bond donors (Lipinski definition) is 0. The van der Waals surface area contributed by atoms with Crippen molar-refractivity contribution in [1.29, 1.82) is 0 Å². The van der Waals surface area contributed by atoms with Crippen molar-refractivity contribution in [3.05, 3.63) is 35.7 Å². The fraction of sp³-hybridized carbons (Fsp3) is 0.412. The second kappa shape index (κ2) is 10.1. The first-order valence-corrected chi connectivity index (χ1v) is 7.93. The molecule has 13 heteroatoms. The van der Waals surface area contributed by atoms with Crippen molar-refractivity contribution >= 4 is 17.6 Å². The highest BCUT2D eigenvalue weighted by Gasteiger charge is 2.37. The lowest BCUT2D eigenvalue weighted by Crippen LogP contribution is -2.31. The Morgan fingerprint density at radius 2 is 1.30 bits per heavy atom. The first-order chi connectivity index (χ1) is 13.8. The number of methoxy groups -OCH3 is 2. The molecule has 0 radical (unpaired) electrons. The van der Waals surface area contributed by atoms with Gasteiger partial charge in [-0.25, -0.2) is 9.59 Å². The number of alkyl halides is 6. The van der Waals surface area contributed by atoms with Crippen LogP contribution in [0.25, 0.3) is 0 Å². The van der Waals surface area contributed by atoms with Gasteiger partial charge in [0, 0.05) is 12.7 Å². The van der Waals surface area contributed by atoms with Crippen LogP contribution in [0.4, 0.5) is 32.0 Å². The Balaban J connectivity index is 3.34. The third kappa shape index (κ3) is 7.72. The topological polar surface area (TPSA) is 74.3 Å². The Labute approximate surface area is 166 Å². The van der Waals surface area contributed by atoms with Crippen molar-refractivity contribution in [2.24, 2.45) is 0 Å². The highest BCUT2D eigenvalue weighted by molar-refractivity contribution is 6.15. The summed E-state index contributed by atoms with van der Waals surface area (Å²) < 4.78 is 92.0. The molecule has 0 atom stereocenters. The predicted octanol–water partition coefficient (Wildman–Crippen LogP) is 3.20. The molecular weight excluding hydrogens is 428 g/mol. The van der Waals surface area contributed by atoms with Crippen molar-refractivity contribution in [3.63, 3.8) is 0 Å². The number of nitrogens with zero attached hydrogens (tertiary/aromatic N) is 1. The molecule has 0 amide bonds. The lowest BCUT2D eigenvalue weighted by molar-refractivity contribution is -0.189. The number of rotatable bonds is 8. The second-order valence-corrected chi connectivity index (χ2v) is 5.52. The molecule has 7 nitrogen and oxygen atoms in total. The van der Waals surface area contributed by atoms with Gasteiger partial charge in [0.05, 0.1) is 14.2 Å². The van der Waals surface area contributed by atoms with Gasteiger partial charge >= 0.3 is 24.3 Å². The molecule has 0 aromatic heterocycles. The second-order valence-electron chi connectivity index (χ2n) is 5.52. The summed E-state index contributed by atoms with van der Waals surface area (Å²) >= 11 is 0. The lowest BCUT2D eigenvalue weighted by Gasteiger charge is -2.23. The molecule has 0 saturated carbocycles. The van der Waals surface area contributed by atoms with Gasteiger partial charge in [-0.3, -0.25) is 0 Å². The quantitative estimate of drug-likeness (QED) is 0.152. The van der Waals surface area contributed by atoms with E-state index in [2.05, 4.69) is 9.47 Å². The molecule has 0 aliphatic heterocycles. The van der Waals surface area contributed by atoms with Gasteiger partial charge in [0.15, 0.2) is 13.2 Å². The maximum absolute atomic E-state index is 12.4. The van der Waals surface area contributed by atoms with E-state index in [4.69, 9.17) is 9.47 Å². The van der Waals surface area contributed by atoms with Crippen LogP contribution in [0.1, 0.15) is 0 Å². The maximum atomic E-state index is 12.4. The lowest BCUT2D eigenvalue weighted by atomic mass is 10.2. The molecular formula is C17H17F6NO6. The van der Waals surface area contributed by atoms with Crippen LogP contribution in [0.3, 0.4) is 0 Å². The number of halogens is 6. The zero-order valence-corrected chi connectivity index (χ0v) is 15.9. The largest absolute Gasteiger partial charge is 0.497 e. The van der Waals surface area contributed by atoms with E-state index in [1.54, 1.807) is 0 Å². The van der Waals surface area contributed by atoms with Crippen LogP contribution in [0, 0.1) is 0 Å². The van der Waals surface area contributed by atoms with Crippen LogP contribution in [0.15, 0.2) is 35.7 Å². The summed E-state index contributed by atoms with van der Waals surface area (Å²) in [4.78, 5) is 25.2. The number of hydrogen-bond acceptors (Lipinski definition) is 7. The predicted molar refractivity (Wildman–Crippen MR) is 89.5 cm³/mol. The highest BCUT2D eigenvalue weighted by Crippen LogP contribution is 2.25. The van der Waals surface area contributed by atoms with E-state index in [-0.39, 0.29) is 5.69 Å². The Morgan fingerprint density at radius 1 is 0.867 bits per heavy atom. The van der Waals surface area contributed by atoms with Gasteiger partial charge in [0.25, 0.3) is 0 Å². The molecule has 0 unspecified atom stereocenters. The summed E-state index contributed by atoms with van der Waals surface area (Å²) in [6, 6.07) is 5.81. The molecule has 168 valence electrons. The minimum Gasteiger partial charge on any atom is -0.497 e. The third-order valence-electron chi connectivity index (χ3n) is 3.31. The molecule has 0 N–H and O–H groups in total. The molecule has 0 bridgehead atoms. The molecule has 1 rings (SSSR count). The Bertz CT molecular complexity index is 740. The monoisotopic (exact) mass is 445 g/mol. The summed E-state index contributed by atoms with van der Waals surface area (Å²) in [5, 5.41) is 0. The molecule has 30 heavy (non-hydrogen) atoms. The van der Waals surface area contributed by atoms with Crippen LogP contribution in [-0.2, 0) is 23.8 Å². The average molecular weight is 445 g/mol. The van der Waals surface area contributed by atoms with E-state index in [1.807, 2.05) is 0 Å². The van der Waals surface area contributed by atoms with E-state index < -0.39 is 49.0 Å². The minimum absolute atomic E-state index is 0.248. The zero-order chi connectivity index (χ0) is 23.1. The standard InChI is InChI=1S/C17H17F6NO6/c1-24(10-4-6-11(27-2)7-5-10)13(28-3)12(14(25)29-8-16(18,19)20)15(26)30-9-17(21,22)23/h4-7H,8-9H2,1-3H3. The molecule has 0 saturated heterocycles. The zero-order valence-electron chi connectivity index (χ0n) is 15.9. The smallest absolute Gasteiger partial charge is 0.422 e. The van der Waals surface area contributed by atoms with Crippen LogP contribution < -0.4 is 9.64 Å². The Morgan fingerprint density at radius 3 is 1.63 bits per heavy atom. The molecule has 0 fully saturated rings. The minimum atomic E-state index is -4.94. The Kier molecular flexibility index (Phi) is 8.37. The summed E-state index contributed by atoms with van der Waals surface area (Å²) in [5.74, 6) is -4.02.